The van der Waals surface area contributed by atoms with Crippen LogP contribution < -0.4 is 0 Å². The first-order valence-corrected chi connectivity index (χ1v) is 9.56. The Morgan fingerprint density at radius 3 is 2.21 bits per heavy atom. The van der Waals surface area contributed by atoms with E-state index in [2.05, 4.69) is 0 Å². The van der Waals surface area contributed by atoms with Gasteiger partial charge in [-0.2, -0.15) is 0 Å². The highest BCUT2D eigenvalue weighted by Gasteiger charge is 2.47. The molecule has 0 spiro atoms. The second-order valence-electron chi connectivity index (χ2n) is 7.57. The van der Waals surface area contributed by atoms with Crippen LogP contribution in [0.3, 0.4) is 0 Å². The molecule has 1 heterocycles. The summed E-state index contributed by atoms with van der Waals surface area (Å²) in [6, 6.07) is 15.8. The number of benzene rings is 2. The Labute approximate surface area is 166 Å². The lowest BCUT2D eigenvalue weighted by molar-refractivity contribution is -0.148. The maximum absolute atomic E-state index is 14.3. The van der Waals surface area contributed by atoms with Crippen molar-refractivity contribution in [3.8, 4) is 11.1 Å². The molecule has 2 aromatic rings. The molecule has 5 nitrogen and oxygen atoms in total. The number of carboxylic acid groups (broad SMARTS) is 1. The van der Waals surface area contributed by atoms with Gasteiger partial charge in [0.1, 0.15) is 6.61 Å². The Bertz CT molecular complexity index is 900. The quantitative estimate of drug-likeness (QED) is 0.826. The second-order valence-corrected chi connectivity index (χ2v) is 7.57. The molecule has 4 rings (SSSR count). The summed E-state index contributed by atoms with van der Waals surface area (Å²) in [6.07, 6.45) is -1.46. The number of nitrogens with zero attached hydrogens (tertiary/aromatic N) is 1. The minimum atomic E-state index is -3.25. The van der Waals surface area contributed by atoms with E-state index in [1.165, 1.54) is 0 Å². The van der Waals surface area contributed by atoms with Gasteiger partial charge in [0.2, 0.25) is 0 Å². The molecule has 2 aliphatic rings. The fraction of sp³-hybridized carbons (Fsp3) is 0.364. The van der Waals surface area contributed by atoms with Crippen molar-refractivity contribution >= 4 is 12.1 Å². The van der Waals surface area contributed by atoms with Crippen molar-refractivity contribution in [1.82, 2.24) is 4.90 Å². The molecule has 0 aromatic heterocycles. The fourth-order valence-electron chi connectivity index (χ4n) is 4.29. The Balaban J connectivity index is 1.44. The minimum Gasteiger partial charge on any atom is -0.481 e. The zero-order chi connectivity index (χ0) is 20.6. The van der Waals surface area contributed by atoms with Crippen LogP contribution in [0.1, 0.15) is 29.9 Å². The van der Waals surface area contributed by atoms with E-state index in [4.69, 9.17) is 9.84 Å². The third kappa shape index (κ3) is 3.69. The van der Waals surface area contributed by atoms with E-state index in [0.717, 1.165) is 27.2 Å². The number of rotatable bonds is 4. The monoisotopic (exact) mass is 401 g/mol. The maximum Gasteiger partial charge on any atom is 0.409 e. The van der Waals surface area contributed by atoms with Crippen LogP contribution in [0.2, 0.25) is 0 Å². The van der Waals surface area contributed by atoms with E-state index < -0.39 is 36.9 Å². The van der Waals surface area contributed by atoms with Crippen molar-refractivity contribution in [1.29, 1.82) is 0 Å². The van der Waals surface area contributed by atoms with Crippen LogP contribution in [0.4, 0.5) is 13.6 Å². The van der Waals surface area contributed by atoms with E-state index in [-0.39, 0.29) is 25.5 Å². The van der Waals surface area contributed by atoms with Crippen LogP contribution in [0.5, 0.6) is 0 Å². The van der Waals surface area contributed by atoms with Gasteiger partial charge in [0.15, 0.2) is 0 Å². The highest BCUT2D eigenvalue weighted by atomic mass is 19.3. The highest BCUT2D eigenvalue weighted by Crippen LogP contribution is 2.44. The SMILES string of the molecule is O=C(O)CC1CCN(C(=O)OCC2c3ccccc3-c3ccccc32)CC1(F)F. The van der Waals surface area contributed by atoms with E-state index in [1.807, 2.05) is 48.5 Å². The molecule has 2 aromatic carbocycles. The lowest BCUT2D eigenvalue weighted by atomic mass is 9.90. The number of piperidine rings is 1. The lowest BCUT2D eigenvalue weighted by Gasteiger charge is -2.37. The third-order valence-electron chi connectivity index (χ3n) is 5.76. The van der Waals surface area contributed by atoms with Gasteiger partial charge in [-0.15, -0.1) is 0 Å². The summed E-state index contributed by atoms with van der Waals surface area (Å²) in [7, 11) is 0. The Morgan fingerprint density at radius 1 is 1.07 bits per heavy atom. The van der Waals surface area contributed by atoms with Crippen LogP contribution in [-0.2, 0) is 9.53 Å². The molecule has 0 radical (unpaired) electrons. The number of ether oxygens (including phenoxy) is 1. The van der Waals surface area contributed by atoms with E-state index in [9.17, 15) is 18.4 Å². The first kappa shape index (κ1) is 19.4. The zero-order valence-corrected chi connectivity index (χ0v) is 15.7. The van der Waals surface area contributed by atoms with Crippen molar-refractivity contribution in [2.24, 2.45) is 5.92 Å². The number of carbonyl (C=O) groups excluding carboxylic acids is 1. The molecule has 1 fully saturated rings. The minimum absolute atomic E-state index is 0.0597. The Morgan fingerprint density at radius 2 is 1.66 bits per heavy atom. The van der Waals surface area contributed by atoms with Gasteiger partial charge >= 0.3 is 12.1 Å². The van der Waals surface area contributed by atoms with Gasteiger partial charge in [-0.3, -0.25) is 4.79 Å². The molecule has 0 saturated carbocycles. The first-order valence-electron chi connectivity index (χ1n) is 9.56. The normalized spacial score (nSPS) is 20.1. The average Bonchev–Trinajstić information content (AvgIpc) is 3.01. The van der Waals surface area contributed by atoms with Crippen molar-refractivity contribution in [3.63, 3.8) is 0 Å². The van der Waals surface area contributed by atoms with Crippen molar-refractivity contribution in [2.45, 2.75) is 24.7 Å². The summed E-state index contributed by atoms with van der Waals surface area (Å²) >= 11 is 0. The Kier molecular flexibility index (Phi) is 4.98. The number of amides is 1. The van der Waals surface area contributed by atoms with E-state index >= 15 is 0 Å². The summed E-state index contributed by atoms with van der Waals surface area (Å²) in [6.45, 7) is -0.695. The smallest absolute Gasteiger partial charge is 0.409 e. The first-order chi connectivity index (χ1) is 13.9. The molecule has 1 atom stereocenters. The molecule has 1 unspecified atom stereocenters. The van der Waals surface area contributed by atoms with Crippen LogP contribution in [0, 0.1) is 5.92 Å². The zero-order valence-electron chi connectivity index (χ0n) is 15.7. The van der Waals surface area contributed by atoms with Gasteiger partial charge in [-0.25, -0.2) is 13.6 Å². The van der Waals surface area contributed by atoms with Crippen LogP contribution in [0.15, 0.2) is 48.5 Å². The number of hydrogen-bond acceptors (Lipinski definition) is 3. The van der Waals surface area contributed by atoms with Gasteiger partial charge in [0.25, 0.3) is 5.92 Å². The molecule has 7 heteroatoms. The second kappa shape index (κ2) is 7.46. The molecule has 1 N–H and O–H groups in total. The summed E-state index contributed by atoms with van der Waals surface area (Å²) in [4.78, 5) is 24.2. The number of alkyl halides is 2. The van der Waals surface area contributed by atoms with Gasteiger partial charge in [-0.1, -0.05) is 48.5 Å². The van der Waals surface area contributed by atoms with E-state index in [0.29, 0.717) is 0 Å². The average molecular weight is 401 g/mol. The fourth-order valence-corrected chi connectivity index (χ4v) is 4.29. The summed E-state index contributed by atoms with van der Waals surface area (Å²) in [5.41, 5.74) is 4.27. The molecule has 1 amide bonds. The number of hydrogen-bond donors (Lipinski definition) is 1. The topological polar surface area (TPSA) is 66.8 Å². The predicted octanol–water partition coefficient (Wildman–Crippen LogP) is 4.37. The summed E-state index contributed by atoms with van der Waals surface area (Å²) < 4.78 is 34.0. The summed E-state index contributed by atoms with van der Waals surface area (Å²) in [5, 5.41) is 8.80. The van der Waals surface area contributed by atoms with Gasteiger partial charge < -0.3 is 14.7 Å². The van der Waals surface area contributed by atoms with Crippen LogP contribution in [-0.4, -0.2) is 47.7 Å². The molecule has 29 heavy (non-hydrogen) atoms. The number of fused-ring (bicyclic) bond motifs is 3. The molecule has 1 aliphatic carbocycles. The maximum atomic E-state index is 14.3. The molecule has 1 aliphatic heterocycles. The van der Waals surface area contributed by atoms with Gasteiger partial charge in [0, 0.05) is 18.4 Å². The molecule has 1 saturated heterocycles. The van der Waals surface area contributed by atoms with Crippen molar-refractivity contribution in [3.05, 3.63) is 59.7 Å². The van der Waals surface area contributed by atoms with E-state index in [1.54, 1.807) is 0 Å². The van der Waals surface area contributed by atoms with Gasteiger partial charge in [0.05, 0.1) is 13.0 Å². The number of aliphatic carboxylic acids is 1. The molecular formula is C22H21F2NO4. The Hall–Kier alpha value is -2.96. The largest absolute Gasteiger partial charge is 0.481 e. The van der Waals surface area contributed by atoms with Crippen molar-refractivity contribution in [2.75, 3.05) is 19.7 Å². The summed E-state index contributed by atoms with van der Waals surface area (Å²) in [5.74, 6) is -5.92. The van der Waals surface area contributed by atoms with Crippen molar-refractivity contribution < 1.29 is 28.2 Å². The predicted molar refractivity (Wildman–Crippen MR) is 102 cm³/mol. The van der Waals surface area contributed by atoms with Crippen LogP contribution >= 0.6 is 0 Å². The lowest BCUT2D eigenvalue weighted by Crippen LogP contribution is -2.51. The molecule has 152 valence electrons. The third-order valence-corrected chi connectivity index (χ3v) is 5.76. The number of halogens is 2. The number of carbonyl (C=O) groups is 2. The highest BCUT2D eigenvalue weighted by molar-refractivity contribution is 5.79. The molecular weight excluding hydrogens is 380 g/mol. The number of carboxylic acids is 1. The standard InChI is InChI=1S/C22H21F2NO4/c23-22(24)13-25(10-9-14(22)11-20(26)27)21(28)29-12-19-17-7-3-1-5-15(17)16-6-2-4-8-18(16)19/h1-8,14,19H,9-13H2,(H,26,27). The van der Waals surface area contributed by atoms with Crippen LogP contribution in [0.25, 0.3) is 11.1 Å². The number of likely N-dealkylation sites (tertiary alicyclic amines) is 1. The molecule has 0 bridgehead atoms. The van der Waals surface area contributed by atoms with Gasteiger partial charge in [-0.05, 0) is 28.7 Å².